The molecule has 4 rings (SSSR count). The van der Waals surface area contributed by atoms with Crippen molar-refractivity contribution < 1.29 is 9.53 Å². The van der Waals surface area contributed by atoms with Gasteiger partial charge in [0.05, 0.1) is 23.6 Å². The van der Waals surface area contributed by atoms with Gasteiger partial charge in [0.1, 0.15) is 11.3 Å². The number of thioether (sulfide) groups is 1. The Labute approximate surface area is 190 Å². The average molecular weight is 449 g/mol. The molecule has 0 atom stereocenters. The van der Waals surface area contributed by atoms with E-state index in [0.717, 1.165) is 27.3 Å². The number of hydrogen-bond acceptors (Lipinski definition) is 5. The molecule has 4 nitrogen and oxygen atoms in total. The van der Waals surface area contributed by atoms with Gasteiger partial charge in [-0.3, -0.25) is 9.69 Å². The van der Waals surface area contributed by atoms with E-state index in [-0.39, 0.29) is 5.91 Å². The van der Waals surface area contributed by atoms with Crippen LogP contribution in [0.5, 0.6) is 5.75 Å². The molecule has 1 aromatic heterocycles. The van der Waals surface area contributed by atoms with Crippen LogP contribution >= 0.6 is 23.1 Å². The summed E-state index contributed by atoms with van der Waals surface area (Å²) in [5.41, 5.74) is 3.11. The first-order valence-electron chi connectivity index (χ1n) is 10.2. The van der Waals surface area contributed by atoms with Crippen molar-refractivity contribution >= 4 is 44.4 Å². The Bertz CT molecular complexity index is 1130. The molecule has 0 aliphatic carbocycles. The molecular weight excluding hydrogens is 424 g/mol. The van der Waals surface area contributed by atoms with Gasteiger partial charge in [0.2, 0.25) is 5.91 Å². The number of amides is 1. The standard InChI is InChI=1S/C25H24N2O2S2/c1-2-29-21-14-9-15-22-24(21)26-25(31-22)27(16-19-10-5-3-6-11-19)23(28)18-30-17-20-12-7-4-8-13-20/h3-15H,2,16-18H2,1H3. The lowest BCUT2D eigenvalue weighted by Gasteiger charge is -2.20. The second-order valence-corrected chi connectivity index (χ2v) is 8.97. The van der Waals surface area contributed by atoms with E-state index in [4.69, 9.17) is 9.72 Å². The maximum Gasteiger partial charge on any atom is 0.239 e. The van der Waals surface area contributed by atoms with Gasteiger partial charge in [0.25, 0.3) is 0 Å². The minimum atomic E-state index is 0.0572. The van der Waals surface area contributed by atoms with Crippen molar-refractivity contribution in [2.45, 2.75) is 19.2 Å². The van der Waals surface area contributed by atoms with Gasteiger partial charge >= 0.3 is 0 Å². The van der Waals surface area contributed by atoms with Crippen LogP contribution in [0.3, 0.4) is 0 Å². The molecule has 0 radical (unpaired) electrons. The summed E-state index contributed by atoms with van der Waals surface area (Å²) in [7, 11) is 0. The van der Waals surface area contributed by atoms with E-state index in [2.05, 4.69) is 12.1 Å². The predicted octanol–water partition coefficient (Wildman–Crippen LogP) is 6.16. The average Bonchev–Trinajstić information content (AvgIpc) is 3.24. The van der Waals surface area contributed by atoms with E-state index >= 15 is 0 Å². The Morgan fingerprint density at radius 1 is 0.968 bits per heavy atom. The summed E-state index contributed by atoms with van der Waals surface area (Å²) in [6, 6.07) is 26.2. The van der Waals surface area contributed by atoms with Gasteiger partial charge in [-0.1, -0.05) is 78.1 Å². The lowest BCUT2D eigenvalue weighted by molar-refractivity contribution is -0.116. The van der Waals surface area contributed by atoms with Crippen LogP contribution in [0, 0.1) is 0 Å². The van der Waals surface area contributed by atoms with Gasteiger partial charge in [-0.25, -0.2) is 4.98 Å². The van der Waals surface area contributed by atoms with Crippen LogP contribution in [0.1, 0.15) is 18.1 Å². The van der Waals surface area contributed by atoms with Crippen LogP contribution in [0.15, 0.2) is 78.9 Å². The molecule has 0 aliphatic heterocycles. The first-order valence-corrected chi connectivity index (χ1v) is 12.2. The van der Waals surface area contributed by atoms with Gasteiger partial charge in [-0.2, -0.15) is 0 Å². The van der Waals surface area contributed by atoms with E-state index in [1.807, 2.05) is 73.7 Å². The second-order valence-electron chi connectivity index (χ2n) is 6.98. The van der Waals surface area contributed by atoms with E-state index in [1.54, 1.807) is 16.7 Å². The number of carbonyl (C=O) groups is 1. The number of para-hydroxylation sites is 1. The lowest BCUT2D eigenvalue weighted by atomic mass is 10.2. The normalized spacial score (nSPS) is 10.9. The van der Waals surface area contributed by atoms with Crippen molar-refractivity contribution in [3.8, 4) is 5.75 Å². The summed E-state index contributed by atoms with van der Waals surface area (Å²) >= 11 is 3.15. The minimum Gasteiger partial charge on any atom is -0.492 e. The quantitative estimate of drug-likeness (QED) is 0.307. The van der Waals surface area contributed by atoms with Crippen LogP contribution in [-0.4, -0.2) is 23.3 Å². The molecule has 0 fully saturated rings. The third-order valence-electron chi connectivity index (χ3n) is 4.72. The highest BCUT2D eigenvalue weighted by molar-refractivity contribution is 7.99. The summed E-state index contributed by atoms with van der Waals surface area (Å²) in [4.78, 5) is 19.9. The first kappa shape index (κ1) is 21.4. The Hall–Kier alpha value is -2.83. The molecule has 4 aromatic rings. The number of nitrogens with zero attached hydrogens (tertiary/aromatic N) is 2. The van der Waals surface area contributed by atoms with E-state index in [1.165, 1.54) is 16.9 Å². The number of hydrogen-bond donors (Lipinski definition) is 0. The number of benzene rings is 3. The SMILES string of the molecule is CCOc1cccc2sc(N(Cc3ccccc3)C(=O)CSCc3ccccc3)nc12. The maximum absolute atomic E-state index is 13.3. The van der Waals surface area contributed by atoms with Crippen LogP contribution in [0.25, 0.3) is 10.2 Å². The molecule has 0 unspecified atom stereocenters. The molecule has 0 bridgehead atoms. The zero-order valence-electron chi connectivity index (χ0n) is 17.4. The molecule has 1 amide bonds. The topological polar surface area (TPSA) is 42.4 Å². The fourth-order valence-corrected chi connectivity index (χ4v) is 5.10. The zero-order valence-corrected chi connectivity index (χ0v) is 19.0. The van der Waals surface area contributed by atoms with Crippen molar-refractivity contribution in [2.75, 3.05) is 17.3 Å². The fraction of sp³-hybridized carbons (Fsp3) is 0.200. The summed E-state index contributed by atoms with van der Waals surface area (Å²) in [5, 5.41) is 0.705. The largest absolute Gasteiger partial charge is 0.492 e. The smallest absolute Gasteiger partial charge is 0.239 e. The number of fused-ring (bicyclic) bond motifs is 1. The number of aromatic nitrogens is 1. The van der Waals surface area contributed by atoms with Crippen molar-refractivity contribution in [1.82, 2.24) is 4.98 Å². The van der Waals surface area contributed by atoms with Crippen molar-refractivity contribution in [1.29, 1.82) is 0 Å². The molecule has 158 valence electrons. The van der Waals surface area contributed by atoms with Crippen LogP contribution in [0.2, 0.25) is 0 Å². The number of ether oxygens (including phenoxy) is 1. The number of anilines is 1. The third-order valence-corrected chi connectivity index (χ3v) is 6.76. The summed E-state index contributed by atoms with van der Waals surface area (Å²) in [6.45, 7) is 3.03. The zero-order chi connectivity index (χ0) is 21.5. The molecule has 0 spiro atoms. The summed E-state index contributed by atoms with van der Waals surface area (Å²) in [6.07, 6.45) is 0. The Morgan fingerprint density at radius 3 is 2.39 bits per heavy atom. The van der Waals surface area contributed by atoms with Crippen LogP contribution in [-0.2, 0) is 17.1 Å². The van der Waals surface area contributed by atoms with E-state index in [9.17, 15) is 4.79 Å². The van der Waals surface area contributed by atoms with Gasteiger partial charge < -0.3 is 4.74 Å². The summed E-state index contributed by atoms with van der Waals surface area (Å²) in [5.74, 6) is 2.02. The monoisotopic (exact) mass is 448 g/mol. The van der Waals surface area contributed by atoms with Crippen LogP contribution in [0.4, 0.5) is 5.13 Å². The molecule has 6 heteroatoms. The van der Waals surface area contributed by atoms with Gasteiger partial charge in [0.15, 0.2) is 5.13 Å². The predicted molar refractivity (Wildman–Crippen MR) is 131 cm³/mol. The Balaban J connectivity index is 1.57. The maximum atomic E-state index is 13.3. The molecular formula is C25H24N2O2S2. The third kappa shape index (κ3) is 5.46. The van der Waals surface area contributed by atoms with Crippen molar-refractivity contribution in [3.63, 3.8) is 0 Å². The summed E-state index contributed by atoms with van der Waals surface area (Å²) < 4.78 is 6.76. The van der Waals surface area contributed by atoms with Gasteiger partial charge in [-0.05, 0) is 30.2 Å². The highest BCUT2D eigenvalue weighted by atomic mass is 32.2. The molecule has 31 heavy (non-hydrogen) atoms. The molecule has 0 saturated carbocycles. The highest BCUT2D eigenvalue weighted by Crippen LogP contribution is 2.35. The van der Waals surface area contributed by atoms with Crippen molar-refractivity contribution in [3.05, 3.63) is 90.0 Å². The molecule has 1 heterocycles. The van der Waals surface area contributed by atoms with Crippen molar-refractivity contribution in [2.24, 2.45) is 0 Å². The lowest BCUT2D eigenvalue weighted by Crippen LogP contribution is -2.31. The van der Waals surface area contributed by atoms with Gasteiger partial charge in [-0.15, -0.1) is 11.8 Å². The number of carbonyl (C=O) groups excluding carboxylic acids is 1. The van der Waals surface area contributed by atoms with Crippen LogP contribution < -0.4 is 9.64 Å². The molecule has 0 saturated heterocycles. The first-order chi connectivity index (χ1) is 15.2. The highest BCUT2D eigenvalue weighted by Gasteiger charge is 2.21. The fourth-order valence-electron chi connectivity index (χ4n) is 3.24. The number of rotatable bonds is 9. The Kier molecular flexibility index (Phi) is 7.22. The van der Waals surface area contributed by atoms with E-state index < -0.39 is 0 Å². The molecule has 0 aliphatic rings. The second kappa shape index (κ2) is 10.5. The minimum absolute atomic E-state index is 0.0572. The van der Waals surface area contributed by atoms with Gasteiger partial charge in [0, 0.05) is 5.75 Å². The number of thiazole rings is 1. The molecule has 0 N–H and O–H groups in total. The van der Waals surface area contributed by atoms with E-state index in [0.29, 0.717) is 24.0 Å². The Morgan fingerprint density at radius 2 is 1.68 bits per heavy atom. The molecule has 3 aromatic carbocycles.